The van der Waals surface area contributed by atoms with Crippen LogP contribution in [0.4, 0.5) is 19.0 Å². The van der Waals surface area contributed by atoms with E-state index in [-0.39, 0.29) is 49.3 Å². The van der Waals surface area contributed by atoms with Crippen LogP contribution in [0.1, 0.15) is 19.3 Å². The topological polar surface area (TPSA) is 83.0 Å². The molecule has 8 nitrogen and oxygen atoms in total. The second kappa shape index (κ2) is 12.3. The maximum absolute atomic E-state index is 16.6. The number of benzene rings is 3. The van der Waals surface area contributed by atoms with Crippen molar-refractivity contribution in [2.75, 3.05) is 57.9 Å². The van der Waals surface area contributed by atoms with Crippen LogP contribution in [0.15, 0.2) is 42.5 Å². The van der Waals surface area contributed by atoms with Gasteiger partial charge in [0, 0.05) is 50.1 Å². The molecular weight excluding hydrogens is 698 g/mol. The van der Waals surface area contributed by atoms with Gasteiger partial charge in [0.25, 0.3) is 0 Å². The standard InChI is InChI=1S/C33H35F3IN5O3/c1-41(16-20-13-26(35)30(37)38-20)31-24-15-25(34)27(23-14-21(43)12-19-4-2-3-5-22(19)23)28(36)29(24)39-32(40-31)45-18-33(6-7-33)17-42-8-10-44-11-9-42/h2-5,12,14-15,20,26,30,38,43H,6-11,13,16-18H2,1H3. The van der Waals surface area contributed by atoms with Gasteiger partial charge in [-0.1, -0.05) is 46.9 Å². The van der Waals surface area contributed by atoms with E-state index >= 15 is 8.78 Å². The number of aromatic hydroxyl groups is 1. The van der Waals surface area contributed by atoms with Crippen LogP contribution in [0, 0.1) is 17.0 Å². The summed E-state index contributed by atoms with van der Waals surface area (Å²) in [5.41, 5.74) is -0.186. The van der Waals surface area contributed by atoms with Gasteiger partial charge in [0.15, 0.2) is 5.82 Å². The van der Waals surface area contributed by atoms with Gasteiger partial charge in [0.05, 0.1) is 29.4 Å². The number of halogens is 4. The Morgan fingerprint density at radius 2 is 1.91 bits per heavy atom. The van der Waals surface area contributed by atoms with E-state index in [0.717, 1.165) is 32.5 Å². The number of nitrogens with one attached hydrogen (secondary N) is 1. The van der Waals surface area contributed by atoms with Crippen molar-refractivity contribution in [2.24, 2.45) is 5.41 Å². The maximum Gasteiger partial charge on any atom is 0.319 e. The van der Waals surface area contributed by atoms with Gasteiger partial charge in [0.2, 0.25) is 0 Å². The molecule has 2 saturated heterocycles. The zero-order chi connectivity index (χ0) is 31.3. The first-order valence-electron chi connectivity index (χ1n) is 15.3. The molecule has 0 amide bonds. The summed E-state index contributed by atoms with van der Waals surface area (Å²) in [7, 11) is 1.77. The number of morpholine rings is 1. The van der Waals surface area contributed by atoms with E-state index in [2.05, 4.69) is 20.2 Å². The van der Waals surface area contributed by atoms with Crippen molar-refractivity contribution in [1.82, 2.24) is 20.2 Å². The highest BCUT2D eigenvalue weighted by Gasteiger charge is 2.45. The van der Waals surface area contributed by atoms with Crippen LogP contribution in [0.2, 0.25) is 0 Å². The normalized spacial score (nSPS) is 23.1. The number of phenolic OH excluding ortho intramolecular Hbond substituents is 1. The van der Waals surface area contributed by atoms with Crippen LogP contribution in [-0.4, -0.2) is 89.3 Å². The second-order valence-electron chi connectivity index (χ2n) is 12.6. The zero-order valence-corrected chi connectivity index (χ0v) is 27.1. The van der Waals surface area contributed by atoms with Crippen molar-refractivity contribution in [3.05, 3.63) is 54.1 Å². The number of aromatic nitrogens is 2. The van der Waals surface area contributed by atoms with Gasteiger partial charge >= 0.3 is 6.01 Å². The SMILES string of the molecule is CN(CC1CC(F)C(I)N1)c1nc(OCC2(CN3CCOCC3)CC2)nc2c(F)c(-c3cc(O)cc4ccccc34)c(F)cc12. The summed E-state index contributed by atoms with van der Waals surface area (Å²) >= 11 is 2.05. The van der Waals surface area contributed by atoms with Crippen LogP contribution in [0.25, 0.3) is 32.8 Å². The summed E-state index contributed by atoms with van der Waals surface area (Å²) in [6.07, 6.45) is 1.36. The van der Waals surface area contributed by atoms with E-state index in [1.807, 2.05) is 22.6 Å². The molecule has 3 unspecified atom stereocenters. The summed E-state index contributed by atoms with van der Waals surface area (Å²) in [5, 5.41) is 15.1. The van der Waals surface area contributed by atoms with Crippen LogP contribution in [0.3, 0.4) is 0 Å². The summed E-state index contributed by atoms with van der Waals surface area (Å²) < 4.78 is 58.4. The molecule has 2 aliphatic heterocycles. The molecule has 45 heavy (non-hydrogen) atoms. The van der Waals surface area contributed by atoms with Gasteiger partial charge in [-0.05, 0) is 53.8 Å². The van der Waals surface area contributed by atoms with Crippen molar-refractivity contribution < 1.29 is 27.8 Å². The fourth-order valence-corrected chi connectivity index (χ4v) is 7.38. The Kier molecular flexibility index (Phi) is 8.42. The third kappa shape index (κ3) is 6.26. The summed E-state index contributed by atoms with van der Waals surface area (Å²) in [4.78, 5) is 13.3. The highest BCUT2D eigenvalue weighted by molar-refractivity contribution is 14.1. The molecule has 3 heterocycles. The average Bonchev–Trinajstić information content (AvgIpc) is 3.71. The molecule has 3 aromatic carbocycles. The first-order chi connectivity index (χ1) is 21.7. The Hall–Kier alpha value is -2.94. The predicted octanol–water partition coefficient (Wildman–Crippen LogP) is 5.82. The van der Waals surface area contributed by atoms with Gasteiger partial charge in [-0.2, -0.15) is 9.97 Å². The fourth-order valence-electron chi connectivity index (χ4n) is 6.57. The Morgan fingerprint density at radius 1 is 1.13 bits per heavy atom. The molecule has 3 atom stereocenters. The summed E-state index contributed by atoms with van der Waals surface area (Å²) in [6.45, 7) is 4.79. The molecule has 4 aromatic rings. The number of ether oxygens (including phenoxy) is 2. The average molecular weight is 734 g/mol. The minimum Gasteiger partial charge on any atom is -0.508 e. The van der Waals surface area contributed by atoms with Crippen molar-refractivity contribution in [3.63, 3.8) is 0 Å². The second-order valence-corrected chi connectivity index (χ2v) is 13.9. The summed E-state index contributed by atoms with van der Waals surface area (Å²) in [5.74, 6) is -1.48. The Balaban J connectivity index is 1.28. The lowest BCUT2D eigenvalue weighted by molar-refractivity contribution is 0.0231. The third-order valence-corrected chi connectivity index (χ3v) is 10.3. The smallest absolute Gasteiger partial charge is 0.319 e. The monoisotopic (exact) mass is 733 g/mol. The molecule has 1 saturated carbocycles. The molecule has 2 N–H and O–H groups in total. The first kappa shape index (κ1) is 30.7. The van der Waals surface area contributed by atoms with Crippen LogP contribution in [0.5, 0.6) is 11.8 Å². The fraction of sp³-hybridized carbons (Fsp3) is 0.455. The van der Waals surface area contributed by atoms with E-state index in [9.17, 15) is 9.50 Å². The summed E-state index contributed by atoms with van der Waals surface area (Å²) in [6, 6.07) is 11.1. The minimum absolute atomic E-state index is 0.00402. The van der Waals surface area contributed by atoms with Crippen LogP contribution >= 0.6 is 22.6 Å². The maximum atomic E-state index is 16.6. The molecule has 238 valence electrons. The number of nitrogens with zero attached hydrogens (tertiary/aromatic N) is 4. The molecule has 0 radical (unpaired) electrons. The lowest BCUT2D eigenvalue weighted by Gasteiger charge is -2.30. The molecule has 7 rings (SSSR count). The van der Waals surface area contributed by atoms with Crippen LogP contribution < -0.4 is 15.0 Å². The Morgan fingerprint density at radius 3 is 2.64 bits per heavy atom. The van der Waals surface area contributed by atoms with Gasteiger partial charge in [-0.15, -0.1) is 0 Å². The Bertz CT molecular complexity index is 1730. The van der Waals surface area contributed by atoms with E-state index in [0.29, 0.717) is 49.4 Å². The molecule has 0 spiro atoms. The number of hydrogen-bond donors (Lipinski definition) is 2. The van der Waals surface area contributed by atoms with Crippen molar-refractivity contribution in [2.45, 2.75) is 35.5 Å². The van der Waals surface area contributed by atoms with E-state index in [1.165, 1.54) is 12.1 Å². The Labute approximate surface area is 273 Å². The molecule has 3 fully saturated rings. The van der Waals surface area contributed by atoms with E-state index in [1.54, 1.807) is 42.3 Å². The number of fused-ring (bicyclic) bond motifs is 2. The van der Waals surface area contributed by atoms with Crippen molar-refractivity contribution >= 4 is 50.1 Å². The predicted molar refractivity (Wildman–Crippen MR) is 176 cm³/mol. The number of alkyl halides is 2. The molecule has 12 heteroatoms. The zero-order valence-electron chi connectivity index (χ0n) is 24.9. The number of phenols is 1. The van der Waals surface area contributed by atoms with E-state index < -0.39 is 17.8 Å². The number of likely N-dealkylation sites (N-methyl/N-ethyl adjacent to an activating group) is 1. The quantitative estimate of drug-likeness (QED) is 0.127. The third-order valence-electron chi connectivity index (χ3n) is 9.16. The lowest BCUT2D eigenvalue weighted by atomic mass is 9.95. The molecular formula is C33H35F3IN5O3. The van der Waals surface area contributed by atoms with E-state index in [4.69, 9.17) is 9.47 Å². The molecule has 1 aliphatic carbocycles. The van der Waals surface area contributed by atoms with Gasteiger partial charge in [-0.25, -0.2) is 13.2 Å². The number of anilines is 1. The largest absolute Gasteiger partial charge is 0.508 e. The van der Waals surface area contributed by atoms with Crippen molar-refractivity contribution in [1.29, 1.82) is 0 Å². The molecule has 0 bridgehead atoms. The van der Waals surface area contributed by atoms with Gasteiger partial charge in [0.1, 0.15) is 29.1 Å². The highest BCUT2D eigenvalue weighted by atomic mass is 127. The molecule has 3 aliphatic rings. The number of rotatable bonds is 9. The highest BCUT2D eigenvalue weighted by Crippen LogP contribution is 2.47. The number of hydrogen-bond acceptors (Lipinski definition) is 8. The molecule has 1 aromatic heterocycles. The van der Waals surface area contributed by atoms with Gasteiger partial charge in [-0.3, -0.25) is 10.2 Å². The lowest BCUT2D eigenvalue weighted by Crippen LogP contribution is -2.41. The first-order valence-corrected chi connectivity index (χ1v) is 16.5. The minimum atomic E-state index is -0.985. The van der Waals surface area contributed by atoms with Gasteiger partial charge < -0.3 is 19.5 Å². The van der Waals surface area contributed by atoms with Crippen LogP contribution in [-0.2, 0) is 4.74 Å². The van der Waals surface area contributed by atoms with Crippen molar-refractivity contribution in [3.8, 4) is 22.9 Å².